The number of nitrogens with zero attached hydrogens (tertiary/aromatic N) is 1. The van der Waals surface area contributed by atoms with E-state index in [4.69, 9.17) is 5.73 Å². The molecule has 0 amide bonds. The van der Waals surface area contributed by atoms with Crippen LogP contribution in [0.25, 0.3) is 0 Å². The van der Waals surface area contributed by atoms with Gasteiger partial charge in [0.2, 0.25) is 0 Å². The van der Waals surface area contributed by atoms with E-state index in [0.717, 1.165) is 17.2 Å². The number of pyridine rings is 1. The van der Waals surface area contributed by atoms with Gasteiger partial charge in [-0.1, -0.05) is 6.07 Å². The van der Waals surface area contributed by atoms with Crippen molar-refractivity contribution < 1.29 is 0 Å². The highest BCUT2D eigenvalue weighted by molar-refractivity contribution is 5.72. The first-order valence-corrected chi connectivity index (χ1v) is 5.21. The van der Waals surface area contributed by atoms with Crippen LogP contribution in [0.2, 0.25) is 0 Å². The van der Waals surface area contributed by atoms with Gasteiger partial charge in [-0.2, -0.15) is 0 Å². The summed E-state index contributed by atoms with van der Waals surface area (Å²) < 4.78 is 0. The van der Waals surface area contributed by atoms with Gasteiger partial charge >= 0.3 is 0 Å². The summed E-state index contributed by atoms with van der Waals surface area (Å²) in [6.07, 6.45) is 1.75. The first kappa shape index (κ1) is 10.5. The molecule has 0 atom stereocenters. The van der Waals surface area contributed by atoms with Crippen molar-refractivity contribution in [1.29, 1.82) is 0 Å². The molecular weight excluding hydrogens is 198 g/mol. The Kier molecular flexibility index (Phi) is 2.77. The van der Waals surface area contributed by atoms with Crippen LogP contribution in [-0.2, 0) is 0 Å². The summed E-state index contributed by atoms with van der Waals surface area (Å²) in [7, 11) is 0. The molecule has 0 radical (unpaired) electrons. The highest BCUT2D eigenvalue weighted by Gasteiger charge is 2.02. The summed E-state index contributed by atoms with van der Waals surface area (Å²) in [6, 6.07) is 9.75. The molecule has 3 N–H and O–H groups in total. The molecule has 1 aromatic heterocycles. The Morgan fingerprint density at radius 1 is 1.12 bits per heavy atom. The molecule has 0 aliphatic carbocycles. The summed E-state index contributed by atoms with van der Waals surface area (Å²) in [5.74, 6) is 0.803. The van der Waals surface area contributed by atoms with Crippen molar-refractivity contribution in [2.24, 2.45) is 0 Å². The number of anilines is 3. The fourth-order valence-corrected chi connectivity index (χ4v) is 1.52. The lowest BCUT2D eigenvalue weighted by Crippen LogP contribution is -1.99. The lowest BCUT2D eigenvalue weighted by molar-refractivity contribution is 1.29. The molecule has 0 aliphatic rings. The van der Waals surface area contributed by atoms with Crippen LogP contribution in [-0.4, -0.2) is 4.98 Å². The van der Waals surface area contributed by atoms with E-state index in [1.165, 1.54) is 11.1 Å². The molecule has 3 heteroatoms. The molecule has 0 saturated heterocycles. The molecule has 2 rings (SSSR count). The standard InChI is InChI=1S/C13H15N3/c1-9-7-11(14)12(8-10(9)2)16-13-5-3-4-6-15-13/h3-8H,14H2,1-2H3,(H,15,16). The van der Waals surface area contributed by atoms with Gasteiger partial charge < -0.3 is 11.1 Å². The third kappa shape index (κ3) is 2.14. The molecule has 3 nitrogen and oxygen atoms in total. The van der Waals surface area contributed by atoms with E-state index in [2.05, 4.69) is 24.1 Å². The third-order valence-corrected chi connectivity index (χ3v) is 2.59. The molecule has 0 aliphatic heterocycles. The quantitative estimate of drug-likeness (QED) is 0.754. The van der Waals surface area contributed by atoms with Crippen LogP contribution in [0.3, 0.4) is 0 Å². The lowest BCUT2D eigenvalue weighted by atomic mass is 10.1. The second-order valence-electron chi connectivity index (χ2n) is 3.86. The minimum absolute atomic E-state index is 0.744. The van der Waals surface area contributed by atoms with Crippen molar-refractivity contribution in [2.45, 2.75) is 13.8 Å². The number of nitrogens with one attached hydrogen (secondary N) is 1. The zero-order chi connectivity index (χ0) is 11.5. The minimum atomic E-state index is 0.744. The first-order valence-electron chi connectivity index (χ1n) is 5.21. The normalized spacial score (nSPS) is 10.1. The second kappa shape index (κ2) is 4.23. The van der Waals surface area contributed by atoms with Gasteiger partial charge in [-0.15, -0.1) is 0 Å². The van der Waals surface area contributed by atoms with Crippen LogP contribution in [0, 0.1) is 13.8 Å². The van der Waals surface area contributed by atoms with Crippen LogP contribution < -0.4 is 11.1 Å². The molecule has 2 aromatic rings. The van der Waals surface area contributed by atoms with Crippen molar-refractivity contribution >= 4 is 17.2 Å². The predicted octanol–water partition coefficient (Wildman–Crippen LogP) is 3.02. The number of benzene rings is 1. The van der Waals surface area contributed by atoms with Crippen LogP contribution in [0.5, 0.6) is 0 Å². The van der Waals surface area contributed by atoms with Gasteiger partial charge in [0.25, 0.3) is 0 Å². The maximum absolute atomic E-state index is 5.95. The number of hydrogen-bond donors (Lipinski definition) is 2. The number of nitrogens with two attached hydrogens (primary N) is 1. The first-order chi connectivity index (χ1) is 7.66. The van der Waals surface area contributed by atoms with E-state index in [9.17, 15) is 0 Å². The molecule has 1 aromatic carbocycles. The average molecular weight is 213 g/mol. The summed E-state index contributed by atoms with van der Waals surface area (Å²) >= 11 is 0. The lowest BCUT2D eigenvalue weighted by Gasteiger charge is -2.11. The SMILES string of the molecule is Cc1cc(N)c(Nc2ccccn2)cc1C. The monoisotopic (exact) mass is 213 g/mol. The van der Waals surface area contributed by atoms with Gasteiger partial charge in [-0.3, -0.25) is 0 Å². The van der Waals surface area contributed by atoms with E-state index in [-0.39, 0.29) is 0 Å². The summed E-state index contributed by atoms with van der Waals surface area (Å²) in [6.45, 7) is 4.12. The number of rotatable bonds is 2. The Hall–Kier alpha value is -2.03. The van der Waals surface area contributed by atoms with Gasteiger partial charge in [0, 0.05) is 6.20 Å². The summed E-state index contributed by atoms with van der Waals surface area (Å²) in [5.41, 5.74) is 10.0. The fourth-order valence-electron chi connectivity index (χ4n) is 1.52. The number of hydrogen-bond acceptors (Lipinski definition) is 3. The van der Waals surface area contributed by atoms with E-state index in [1.807, 2.05) is 30.3 Å². The molecular formula is C13H15N3. The summed E-state index contributed by atoms with van der Waals surface area (Å²) in [4.78, 5) is 4.20. The molecule has 0 unspecified atom stereocenters. The fraction of sp³-hybridized carbons (Fsp3) is 0.154. The van der Waals surface area contributed by atoms with Crippen LogP contribution in [0.1, 0.15) is 11.1 Å². The molecule has 0 spiro atoms. The van der Waals surface area contributed by atoms with Crippen molar-refractivity contribution in [3.05, 3.63) is 47.7 Å². The zero-order valence-corrected chi connectivity index (χ0v) is 9.49. The van der Waals surface area contributed by atoms with Gasteiger partial charge in [0.05, 0.1) is 11.4 Å². The average Bonchev–Trinajstić information content (AvgIpc) is 2.27. The zero-order valence-electron chi connectivity index (χ0n) is 9.49. The molecule has 0 saturated carbocycles. The Morgan fingerprint density at radius 3 is 2.56 bits per heavy atom. The summed E-state index contributed by atoms with van der Waals surface area (Å²) in [5, 5.41) is 3.20. The van der Waals surface area contributed by atoms with Gasteiger partial charge in [0.1, 0.15) is 5.82 Å². The van der Waals surface area contributed by atoms with Crippen LogP contribution in [0.15, 0.2) is 36.5 Å². The van der Waals surface area contributed by atoms with Gasteiger partial charge in [0.15, 0.2) is 0 Å². The number of aryl methyl sites for hydroxylation is 2. The topological polar surface area (TPSA) is 50.9 Å². The number of nitrogen functional groups attached to an aromatic ring is 1. The predicted molar refractivity (Wildman–Crippen MR) is 67.8 cm³/mol. The minimum Gasteiger partial charge on any atom is -0.397 e. The third-order valence-electron chi connectivity index (χ3n) is 2.59. The maximum Gasteiger partial charge on any atom is 0.130 e. The second-order valence-corrected chi connectivity index (χ2v) is 3.86. The molecule has 1 heterocycles. The van der Waals surface area contributed by atoms with Gasteiger partial charge in [-0.25, -0.2) is 4.98 Å². The Labute approximate surface area is 95.3 Å². The van der Waals surface area contributed by atoms with Crippen molar-refractivity contribution in [3.8, 4) is 0 Å². The van der Waals surface area contributed by atoms with Crippen LogP contribution in [0.4, 0.5) is 17.2 Å². The molecule has 0 bridgehead atoms. The molecule has 82 valence electrons. The number of aromatic nitrogens is 1. The van der Waals surface area contributed by atoms with Crippen molar-refractivity contribution in [2.75, 3.05) is 11.1 Å². The van der Waals surface area contributed by atoms with Crippen LogP contribution >= 0.6 is 0 Å². The highest BCUT2D eigenvalue weighted by atomic mass is 15.0. The molecule has 16 heavy (non-hydrogen) atoms. The maximum atomic E-state index is 5.95. The van der Waals surface area contributed by atoms with Crippen molar-refractivity contribution in [3.63, 3.8) is 0 Å². The van der Waals surface area contributed by atoms with E-state index < -0.39 is 0 Å². The van der Waals surface area contributed by atoms with E-state index >= 15 is 0 Å². The van der Waals surface area contributed by atoms with E-state index in [1.54, 1.807) is 6.20 Å². The Balaban J connectivity index is 2.32. The Morgan fingerprint density at radius 2 is 1.88 bits per heavy atom. The largest absolute Gasteiger partial charge is 0.397 e. The van der Waals surface area contributed by atoms with E-state index in [0.29, 0.717) is 0 Å². The molecule has 0 fully saturated rings. The smallest absolute Gasteiger partial charge is 0.130 e. The van der Waals surface area contributed by atoms with Gasteiger partial charge in [-0.05, 0) is 49.2 Å². The highest BCUT2D eigenvalue weighted by Crippen LogP contribution is 2.25. The van der Waals surface area contributed by atoms with Crippen molar-refractivity contribution in [1.82, 2.24) is 4.98 Å². The Bertz CT molecular complexity index is 492.